The number of hydrogen-bond donors (Lipinski definition) is 2. The first-order chi connectivity index (χ1) is 5.18. The molecule has 1 aliphatic rings. The molecule has 0 saturated carbocycles. The van der Waals surface area contributed by atoms with Crippen LogP contribution in [0.5, 0.6) is 0 Å². The standard InChI is InChI=1S/C7H13FN2O/c1-5(11)9-4-7-2-6(8)3-10-7/h6-7,10H,2-4H2,1H3,(H,9,11)/t6-,7-/m0/s1. The molecule has 0 aromatic carbocycles. The largest absolute Gasteiger partial charge is 0.355 e. The Bertz CT molecular complexity index is 151. The highest BCUT2D eigenvalue weighted by atomic mass is 19.1. The summed E-state index contributed by atoms with van der Waals surface area (Å²) in [6, 6.07) is 0.119. The van der Waals surface area contributed by atoms with E-state index in [4.69, 9.17) is 0 Å². The van der Waals surface area contributed by atoms with E-state index >= 15 is 0 Å². The Morgan fingerprint density at radius 2 is 2.55 bits per heavy atom. The van der Waals surface area contributed by atoms with Crippen LogP contribution in [0.4, 0.5) is 4.39 Å². The van der Waals surface area contributed by atoms with Crippen molar-refractivity contribution >= 4 is 5.91 Å². The minimum absolute atomic E-state index is 0.0610. The number of amides is 1. The summed E-state index contributed by atoms with van der Waals surface area (Å²) >= 11 is 0. The lowest BCUT2D eigenvalue weighted by Gasteiger charge is -2.08. The fourth-order valence-corrected chi connectivity index (χ4v) is 1.19. The topological polar surface area (TPSA) is 41.1 Å². The van der Waals surface area contributed by atoms with E-state index in [1.54, 1.807) is 0 Å². The molecule has 0 aliphatic carbocycles. The van der Waals surface area contributed by atoms with Crippen molar-refractivity contribution in [1.29, 1.82) is 0 Å². The van der Waals surface area contributed by atoms with Gasteiger partial charge in [-0.2, -0.15) is 0 Å². The number of hydrogen-bond acceptors (Lipinski definition) is 2. The van der Waals surface area contributed by atoms with Crippen LogP contribution >= 0.6 is 0 Å². The molecule has 1 heterocycles. The summed E-state index contributed by atoms with van der Waals surface area (Å²) in [6.45, 7) is 2.42. The van der Waals surface area contributed by atoms with Gasteiger partial charge in [0, 0.05) is 26.1 Å². The van der Waals surface area contributed by atoms with Gasteiger partial charge in [-0.25, -0.2) is 4.39 Å². The number of halogens is 1. The lowest BCUT2D eigenvalue weighted by molar-refractivity contribution is -0.119. The van der Waals surface area contributed by atoms with Crippen molar-refractivity contribution < 1.29 is 9.18 Å². The molecule has 1 aliphatic heterocycles. The molecule has 0 radical (unpaired) electrons. The first kappa shape index (κ1) is 8.46. The third kappa shape index (κ3) is 2.84. The predicted molar refractivity (Wildman–Crippen MR) is 40.0 cm³/mol. The maximum absolute atomic E-state index is 12.5. The van der Waals surface area contributed by atoms with Gasteiger partial charge in [0.2, 0.25) is 5.91 Å². The molecule has 0 aromatic rings. The van der Waals surface area contributed by atoms with Crippen LogP contribution in [0.15, 0.2) is 0 Å². The van der Waals surface area contributed by atoms with Crippen molar-refractivity contribution in [3.8, 4) is 0 Å². The van der Waals surface area contributed by atoms with Crippen LogP contribution in [-0.2, 0) is 4.79 Å². The van der Waals surface area contributed by atoms with Crippen LogP contribution in [0.3, 0.4) is 0 Å². The summed E-state index contributed by atoms with van der Waals surface area (Å²) in [7, 11) is 0. The molecule has 0 bridgehead atoms. The Balaban J connectivity index is 2.13. The Kier molecular flexibility index (Phi) is 2.82. The van der Waals surface area contributed by atoms with Gasteiger partial charge in [-0.15, -0.1) is 0 Å². The predicted octanol–water partition coefficient (Wildman–Crippen LogP) is -0.177. The van der Waals surface area contributed by atoms with Gasteiger partial charge in [-0.05, 0) is 6.42 Å². The zero-order valence-corrected chi connectivity index (χ0v) is 6.56. The van der Waals surface area contributed by atoms with Crippen LogP contribution in [0.1, 0.15) is 13.3 Å². The zero-order chi connectivity index (χ0) is 8.27. The summed E-state index contributed by atoms with van der Waals surface area (Å²) in [5.41, 5.74) is 0. The van der Waals surface area contributed by atoms with E-state index in [1.807, 2.05) is 0 Å². The second kappa shape index (κ2) is 3.67. The minimum atomic E-state index is -0.742. The molecule has 0 spiro atoms. The molecule has 2 atom stereocenters. The smallest absolute Gasteiger partial charge is 0.216 e. The van der Waals surface area contributed by atoms with Gasteiger partial charge in [0.1, 0.15) is 6.17 Å². The van der Waals surface area contributed by atoms with Crippen molar-refractivity contribution in [3.05, 3.63) is 0 Å². The second-order valence-corrected chi connectivity index (χ2v) is 2.88. The number of nitrogens with one attached hydrogen (secondary N) is 2. The van der Waals surface area contributed by atoms with Crippen LogP contribution in [-0.4, -0.2) is 31.2 Å². The maximum Gasteiger partial charge on any atom is 0.216 e. The first-order valence-corrected chi connectivity index (χ1v) is 3.80. The van der Waals surface area contributed by atoms with Gasteiger partial charge in [0.05, 0.1) is 0 Å². The SMILES string of the molecule is CC(=O)NC[C@@H]1C[C@H](F)CN1. The fraction of sp³-hybridized carbons (Fsp3) is 0.857. The third-order valence-corrected chi connectivity index (χ3v) is 1.77. The van der Waals surface area contributed by atoms with Gasteiger partial charge >= 0.3 is 0 Å². The molecule has 4 heteroatoms. The van der Waals surface area contributed by atoms with Crippen LogP contribution in [0.2, 0.25) is 0 Å². The summed E-state index contributed by atoms with van der Waals surface area (Å²) < 4.78 is 12.5. The van der Waals surface area contributed by atoms with E-state index < -0.39 is 6.17 Å². The molecule has 1 amide bonds. The highest BCUT2D eigenvalue weighted by Gasteiger charge is 2.22. The van der Waals surface area contributed by atoms with Gasteiger partial charge < -0.3 is 10.6 Å². The quantitative estimate of drug-likeness (QED) is 0.588. The molecule has 3 nitrogen and oxygen atoms in total. The minimum Gasteiger partial charge on any atom is -0.355 e. The normalized spacial score (nSPS) is 30.4. The van der Waals surface area contributed by atoms with Crippen molar-refractivity contribution in [2.75, 3.05) is 13.1 Å². The average Bonchev–Trinajstić information content (AvgIpc) is 2.31. The molecule has 2 N–H and O–H groups in total. The number of carbonyl (C=O) groups excluding carboxylic acids is 1. The van der Waals surface area contributed by atoms with Crippen molar-refractivity contribution in [2.24, 2.45) is 0 Å². The summed E-state index contributed by atoms with van der Waals surface area (Å²) in [4.78, 5) is 10.4. The number of carbonyl (C=O) groups is 1. The van der Waals surface area contributed by atoms with Crippen LogP contribution in [0, 0.1) is 0 Å². The Hall–Kier alpha value is -0.640. The number of rotatable bonds is 2. The second-order valence-electron chi connectivity index (χ2n) is 2.88. The Morgan fingerprint density at radius 1 is 1.82 bits per heavy atom. The Morgan fingerprint density at radius 3 is 3.00 bits per heavy atom. The molecular formula is C7H13FN2O. The summed E-state index contributed by atoms with van der Waals surface area (Å²) in [6.07, 6.45) is -0.228. The van der Waals surface area contributed by atoms with E-state index in [2.05, 4.69) is 10.6 Å². The van der Waals surface area contributed by atoms with Crippen molar-refractivity contribution in [2.45, 2.75) is 25.6 Å². The Labute approximate surface area is 65.3 Å². The molecule has 0 unspecified atom stereocenters. The third-order valence-electron chi connectivity index (χ3n) is 1.77. The monoisotopic (exact) mass is 160 g/mol. The lowest BCUT2D eigenvalue weighted by atomic mass is 10.2. The summed E-state index contributed by atoms with van der Waals surface area (Å²) in [5.74, 6) is -0.0610. The highest BCUT2D eigenvalue weighted by Crippen LogP contribution is 2.08. The molecular weight excluding hydrogens is 147 g/mol. The van der Waals surface area contributed by atoms with E-state index in [0.29, 0.717) is 19.5 Å². The zero-order valence-electron chi connectivity index (χ0n) is 6.56. The molecule has 1 rings (SSSR count). The fourth-order valence-electron chi connectivity index (χ4n) is 1.19. The van der Waals surface area contributed by atoms with Gasteiger partial charge in [-0.3, -0.25) is 4.79 Å². The highest BCUT2D eigenvalue weighted by molar-refractivity contribution is 5.72. The molecule has 0 aromatic heterocycles. The van der Waals surface area contributed by atoms with Gasteiger partial charge in [0.25, 0.3) is 0 Å². The van der Waals surface area contributed by atoms with E-state index in [9.17, 15) is 9.18 Å². The lowest BCUT2D eigenvalue weighted by Crippen LogP contribution is -2.35. The van der Waals surface area contributed by atoms with E-state index in [0.717, 1.165) is 0 Å². The average molecular weight is 160 g/mol. The van der Waals surface area contributed by atoms with Crippen molar-refractivity contribution in [3.63, 3.8) is 0 Å². The number of alkyl halides is 1. The van der Waals surface area contributed by atoms with Gasteiger partial charge in [-0.1, -0.05) is 0 Å². The van der Waals surface area contributed by atoms with Gasteiger partial charge in [0.15, 0.2) is 0 Å². The molecule has 1 fully saturated rings. The van der Waals surface area contributed by atoms with E-state index in [-0.39, 0.29) is 11.9 Å². The summed E-state index contributed by atoms with van der Waals surface area (Å²) in [5, 5.41) is 5.61. The van der Waals surface area contributed by atoms with Crippen LogP contribution in [0.25, 0.3) is 0 Å². The first-order valence-electron chi connectivity index (χ1n) is 3.80. The van der Waals surface area contributed by atoms with Crippen LogP contribution < -0.4 is 10.6 Å². The molecule has 1 saturated heterocycles. The molecule has 64 valence electrons. The molecule has 11 heavy (non-hydrogen) atoms. The van der Waals surface area contributed by atoms with E-state index in [1.165, 1.54) is 6.92 Å². The van der Waals surface area contributed by atoms with Crippen molar-refractivity contribution in [1.82, 2.24) is 10.6 Å². The maximum atomic E-state index is 12.5.